The van der Waals surface area contributed by atoms with Crippen molar-refractivity contribution in [1.82, 2.24) is 29.7 Å². The number of anilines is 4. The third-order valence-electron chi connectivity index (χ3n) is 6.57. The van der Waals surface area contributed by atoms with Crippen molar-refractivity contribution in [2.75, 3.05) is 76.0 Å². The predicted octanol–water partition coefficient (Wildman–Crippen LogP) is 2.18. The van der Waals surface area contributed by atoms with Gasteiger partial charge in [0.05, 0.1) is 6.54 Å². The maximum atomic E-state index is 12.8. The Morgan fingerprint density at radius 2 is 1.97 bits per heavy atom. The van der Waals surface area contributed by atoms with E-state index in [4.69, 9.17) is 9.47 Å². The highest BCUT2D eigenvalue weighted by molar-refractivity contribution is 5.77. The Bertz CT molecular complexity index is 1240. The number of hydrogen-bond donors (Lipinski definition) is 3. The van der Waals surface area contributed by atoms with Crippen LogP contribution in [0.3, 0.4) is 0 Å². The van der Waals surface area contributed by atoms with Crippen LogP contribution in [-0.4, -0.2) is 95.7 Å². The van der Waals surface area contributed by atoms with E-state index >= 15 is 0 Å². The molecule has 1 amide bonds. The van der Waals surface area contributed by atoms with Crippen LogP contribution < -0.4 is 25.4 Å². The first-order chi connectivity index (χ1) is 18.6. The number of amides is 1. The van der Waals surface area contributed by atoms with Crippen LogP contribution >= 0.6 is 0 Å². The van der Waals surface area contributed by atoms with Crippen LogP contribution in [0.2, 0.25) is 0 Å². The summed E-state index contributed by atoms with van der Waals surface area (Å²) in [4.78, 5) is 34.1. The van der Waals surface area contributed by atoms with E-state index in [0.717, 1.165) is 48.9 Å². The molecular weight excluding hydrogens is 486 g/mol. The van der Waals surface area contributed by atoms with Gasteiger partial charge in [-0.15, -0.1) is 0 Å². The van der Waals surface area contributed by atoms with Crippen molar-refractivity contribution in [3.63, 3.8) is 0 Å². The smallest absolute Gasteiger partial charge is 0.260 e. The van der Waals surface area contributed by atoms with Gasteiger partial charge in [0, 0.05) is 62.3 Å². The third kappa shape index (κ3) is 6.20. The number of aromatic nitrogens is 4. The van der Waals surface area contributed by atoms with E-state index in [-0.39, 0.29) is 18.4 Å². The van der Waals surface area contributed by atoms with E-state index in [2.05, 4.69) is 47.8 Å². The second-order valence-corrected chi connectivity index (χ2v) is 9.42. The number of carbonyl (C=O) groups excluding carboxylic acids is 1. The molecule has 4 heterocycles. The number of ether oxygens (including phenoxy) is 2. The molecule has 0 saturated carbocycles. The van der Waals surface area contributed by atoms with Gasteiger partial charge in [0.2, 0.25) is 5.95 Å². The lowest BCUT2D eigenvalue weighted by Gasteiger charge is -2.24. The van der Waals surface area contributed by atoms with Crippen LogP contribution in [0.15, 0.2) is 43.0 Å². The maximum Gasteiger partial charge on any atom is 0.260 e. The summed E-state index contributed by atoms with van der Waals surface area (Å²) >= 11 is 0. The van der Waals surface area contributed by atoms with E-state index in [0.29, 0.717) is 37.1 Å². The number of nitrogens with zero attached hydrogens (tertiary/aromatic N) is 6. The van der Waals surface area contributed by atoms with Gasteiger partial charge in [-0.1, -0.05) is 0 Å². The lowest BCUT2D eigenvalue weighted by atomic mass is 10.0. The van der Waals surface area contributed by atoms with Crippen LogP contribution in [-0.2, 0) is 4.79 Å². The van der Waals surface area contributed by atoms with Crippen molar-refractivity contribution < 1.29 is 14.3 Å². The fourth-order valence-corrected chi connectivity index (χ4v) is 4.59. The monoisotopic (exact) mass is 519 g/mol. The molecule has 0 spiro atoms. The second kappa shape index (κ2) is 11.9. The second-order valence-electron chi connectivity index (χ2n) is 9.42. The zero-order chi connectivity index (χ0) is 26.3. The Balaban J connectivity index is 1.37. The van der Waals surface area contributed by atoms with Gasteiger partial charge in [0.15, 0.2) is 18.1 Å². The molecule has 38 heavy (non-hydrogen) atoms. The van der Waals surface area contributed by atoms with Crippen molar-refractivity contribution in [1.29, 1.82) is 0 Å². The molecule has 12 heteroatoms. The summed E-state index contributed by atoms with van der Waals surface area (Å²) in [6.45, 7) is 3.96. The molecule has 200 valence electrons. The molecule has 3 N–H and O–H groups in total. The molecule has 1 aromatic carbocycles. The third-order valence-corrected chi connectivity index (χ3v) is 6.57. The van der Waals surface area contributed by atoms with Crippen LogP contribution in [0, 0.1) is 0 Å². The van der Waals surface area contributed by atoms with Gasteiger partial charge < -0.3 is 35.2 Å². The minimum atomic E-state index is -0.0883. The molecule has 2 aliphatic heterocycles. The number of nitrogens with one attached hydrogen (secondary N) is 3. The van der Waals surface area contributed by atoms with Gasteiger partial charge in [0.1, 0.15) is 24.6 Å². The lowest BCUT2D eigenvalue weighted by Crippen LogP contribution is -2.34. The standard InChI is InChI=1S/C26H33N9O3/c1-34-10-4-11-35(2)22(36)16-38-21-13-19(33-25-23-18(15-34)14-30-24(23)31-17-32-25)5-6-20(21)37-12-9-29-26-27-7-3-8-28-26/h3,5-8,13,17-18H,4,9-12,14-16H2,1-2H3,(H,27,28,29)(H2,30,31,32,33). The van der Waals surface area contributed by atoms with Crippen molar-refractivity contribution in [3.05, 3.63) is 48.5 Å². The molecule has 5 rings (SSSR count). The molecule has 2 aromatic heterocycles. The largest absolute Gasteiger partial charge is 0.488 e. The summed E-state index contributed by atoms with van der Waals surface area (Å²) in [5.41, 5.74) is 1.85. The molecule has 12 nitrogen and oxygen atoms in total. The van der Waals surface area contributed by atoms with E-state index < -0.39 is 0 Å². The molecule has 2 aliphatic rings. The van der Waals surface area contributed by atoms with E-state index in [1.807, 2.05) is 25.2 Å². The summed E-state index contributed by atoms with van der Waals surface area (Å²) in [6, 6.07) is 7.33. The zero-order valence-electron chi connectivity index (χ0n) is 21.7. The zero-order valence-corrected chi connectivity index (χ0v) is 21.7. The molecule has 1 unspecified atom stereocenters. The molecule has 2 bridgehead atoms. The van der Waals surface area contributed by atoms with Gasteiger partial charge in [-0.3, -0.25) is 4.79 Å². The Kier molecular flexibility index (Phi) is 7.98. The van der Waals surface area contributed by atoms with Gasteiger partial charge in [-0.2, -0.15) is 0 Å². The minimum Gasteiger partial charge on any atom is -0.488 e. The highest BCUT2D eigenvalue weighted by Crippen LogP contribution is 2.38. The summed E-state index contributed by atoms with van der Waals surface area (Å²) in [6.07, 6.45) is 5.78. The van der Waals surface area contributed by atoms with E-state index in [9.17, 15) is 4.79 Å². The van der Waals surface area contributed by atoms with Crippen molar-refractivity contribution in [2.24, 2.45) is 0 Å². The number of rotatable bonds is 5. The highest BCUT2D eigenvalue weighted by atomic mass is 16.5. The maximum absolute atomic E-state index is 12.8. The molecular formula is C26H33N9O3. The quantitative estimate of drug-likeness (QED) is 0.429. The molecule has 3 aromatic rings. The Morgan fingerprint density at radius 1 is 1.13 bits per heavy atom. The number of likely N-dealkylation sites (N-methyl/N-ethyl adjacent to an activating group) is 2. The minimum absolute atomic E-state index is 0.0862. The normalized spacial score (nSPS) is 18.1. The van der Waals surface area contributed by atoms with E-state index in [1.54, 1.807) is 29.7 Å². The fraction of sp³-hybridized carbons (Fsp3) is 0.423. The lowest BCUT2D eigenvalue weighted by molar-refractivity contribution is -0.132. The van der Waals surface area contributed by atoms with Crippen LogP contribution in [0.4, 0.5) is 23.3 Å². The number of benzene rings is 1. The predicted molar refractivity (Wildman–Crippen MR) is 144 cm³/mol. The molecule has 1 atom stereocenters. The molecule has 0 aliphatic carbocycles. The van der Waals surface area contributed by atoms with Crippen LogP contribution in [0.1, 0.15) is 17.9 Å². The number of hydrogen-bond acceptors (Lipinski definition) is 11. The van der Waals surface area contributed by atoms with Gasteiger partial charge in [-0.05, 0) is 38.2 Å². The first kappa shape index (κ1) is 25.5. The van der Waals surface area contributed by atoms with Crippen molar-refractivity contribution >= 4 is 29.2 Å². The Hall–Kier alpha value is -4.19. The van der Waals surface area contributed by atoms with Crippen LogP contribution in [0.5, 0.6) is 11.5 Å². The number of fused-ring (bicyclic) bond motifs is 2. The van der Waals surface area contributed by atoms with Crippen molar-refractivity contribution in [2.45, 2.75) is 12.3 Å². The first-order valence-electron chi connectivity index (χ1n) is 12.8. The van der Waals surface area contributed by atoms with Gasteiger partial charge in [0.25, 0.3) is 5.91 Å². The summed E-state index contributed by atoms with van der Waals surface area (Å²) in [5.74, 6) is 3.31. The average molecular weight is 520 g/mol. The average Bonchev–Trinajstić information content (AvgIpc) is 3.34. The topological polar surface area (TPSA) is 130 Å². The summed E-state index contributed by atoms with van der Waals surface area (Å²) < 4.78 is 12.0. The highest BCUT2D eigenvalue weighted by Gasteiger charge is 2.29. The van der Waals surface area contributed by atoms with Gasteiger partial charge in [-0.25, -0.2) is 19.9 Å². The summed E-state index contributed by atoms with van der Waals surface area (Å²) in [5, 5.41) is 9.97. The van der Waals surface area contributed by atoms with Gasteiger partial charge >= 0.3 is 0 Å². The number of carbonyl (C=O) groups is 1. The molecule has 0 radical (unpaired) electrons. The SMILES string of the molecule is CN1CCCN(C)C(=O)COc2cc(ccc2OCCNc2ncccn2)Nc2ncnc3c2C(CN3)C1. The van der Waals surface area contributed by atoms with Crippen LogP contribution in [0.25, 0.3) is 0 Å². The summed E-state index contributed by atoms with van der Waals surface area (Å²) in [7, 11) is 3.92. The fourth-order valence-electron chi connectivity index (χ4n) is 4.59. The molecule has 0 fully saturated rings. The van der Waals surface area contributed by atoms with E-state index in [1.165, 1.54) is 0 Å². The first-order valence-corrected chi connectivity index (χ1v) is 12.8. The Labute approximate surface area is 221 Å². The molecule has 0 saturated heterocycles. The van der Waals surface area contributed by atoms with Crippen molar-refractivity contribution in [3.8, 4) is 11.5 Å². The Morgan fingerprint density at radius 3 is 2.84 bits per heavy atom.